The average molecular weight is 435 g/mol. The standard InChI is InChI=1S/C20H20Cl2N4O3/c1-13-18(19(22)26(25-13)12-14-5-3-4-6-16(14)21)20(27)24-15-7-8-17(23-11-15)29-10-9-28-2/h3-8,11H,9-10,12H2,1-2H3,(H,24,27). The molecule has 2 heterocycles. The third-order valence-electron chi connectivity index (χ3n) is 4.10. The van der Waals surface area contributed by atoms with Gasteiger partial charge in [-0.05, 0) is 24.6 Å². The van der Waals surface area contributed by atoms with Gasteiger partial charge in [-0.15, -0.1) is 0 Å². The van der Waals surface area contributed by atoms with Crippen LogP contribution in [0.5, 0.6) is 5.88 Å². The molecule has 0 fully saturated rings. The van der Waals surface area contributed by atoms with Gasteiger partial charge in [-0.2, -0.15) is 5.10 Å². The van der Waals surface area contributed by atoms with Crippen molar-refractivity contribution in [2.75, 3.05) is 25.6 Å². The molecule has 0 aliphatic rings. The Kier molecular flexibility index (Phi) is 7.09. The quantitative estimate of drug-likeness (QED) is 0.536. The molecule has 2 aromatic heterocycles. The molecule has 29 heavy (non-hydrogen) atoms. The Bertz CT molecular complexity index is 990. The molecule has 0 aliphatic heterocycles. The highest BCUT2D eigenvalue weighted by Crippen LogP contribution is 2.24. The molecule has 0 atom stereocenters. The fourth-order valence-electron chi connectivity index (χ4n) is 2.67. The third kappa shape index (κ3) is 5.26. The van der Waals surface area contributed by atoms with Crippen LogP contribution in [0.15, 0.2) is 42.6 Å². The summed E-state index contributed by atoms with van der Waals surface area (Å²) in [6, 6.07) is 10.8. The van der Waals surface area contributed by atoms with Crippen LogP contribution in [-0.4, -0.2) is 41.0 Å². The van der Waals surface area contributed by atoms with Gasteiger partial charge in [-0.3, -0.25) is 4.79 Å². The van der Waals surface area contributed by atoms with Crippen LogP contribution in [0.4, 0.5) is 5.69 Å². The number of carbonyl (C=O) groups excluding carboxylic acids is 1. The van der Waals surface area contributed by atoms with Crippen molar-refractivity contribution in [2.45, 2.75) is 13.5 Å². The summed E-state index contributed by atoms with van der Waals surface area (Å²) in [5, 5.41) is 8.02. The average Bonchev–Trinajstić information content (AvgIpc) is 2.98. The van der Waals surface area contributed by atoms with Crippen LogP contribution in [0, 0.1) is 6.92 Å². The topological polar surface area (TPSA) is 78.3 Å². The monoisotopic (exact) mass is 434 g/mol. The summed E-state index contributed by atoms with van der Waals surface area (Å²) in [7, 11) is 1.60. The molecule has 0 radical (unpaired) electrons. The number of methoxy groups -OCH3 is 1. The summed E-state index contributed by atoms with van der Waals surface area (Å²) in [6.07, 6.45) is 1.51. The minimum absolute atomic E-state index is 0.243. The lowest BCUT2D eigenvalue weighted by molar-refractivity contribution is 0.102. The van der Waals surface area contributed by atoms with Crippen molar-refractivity contribution in [3.8, 4) is 5.88 Å². The summed E-state index contributed by atoms with van der Waals surface area (Å²) < 4.78 is 11.9. The van der Waals surface area contributed by atoms with Crippen LogP contribution in [0.25, 0.3) is 0 Å². The van der Waals surface area contributed by atoms with Crippen molar-refractivity contribution in [3.63, 3.8) is 0 Å². The summed E-state index contributed by atoms with van der Waals surface area (Å²) in [6.45, 7) is 2.96. The molecule has 0 unspecified atom stereocenters. The minimum atomic E-state index is -0.368. The van der Waals surface area contributed by atoms with E-state index < -0.39 is 0 Å². The molecule has 1 N–H and O–H groups in total. The molecular weight excluding hydrogens is 415 g/mol. The molecule has 0 saturated heterocycles. The molecule has 0 aliphatic carbocycles. The number of benzene rings is 1. The van der Waals surface area contributed by atoms with Crippen molar-refractivity contribution in [2.24, 2.45) is 0 Å². The molecule has 9 heteroatoms. The van der Waals surface area contributed by atoms with E-state index in [9.17, 15) is 4.79 Å². The zero-order chi connectivity index (χ0) is 20.8. The number of amides is 1. The van der Waals surface area contributed by atoms with Gasteiger partial charge in [0.15, 0.2) is 0 Å². The van der Waals surface area contributed by atoms with Crippen LogP contribution in [0.3, 0.4) is 0 Å². The van der Waals surface area contributed by atoms with Gasteiger partial charge in [0.2, 0.25) is 5.88 Å². The zero-order valence-electron chi connectivity index (χ0n) is 16.0. The van der Waals surface area contributed by atoms with Crippen molar-refractivity contribution in [1.82, 2.24) is 14.8 Å². The number of hydrogen-bond acceptors (Lipinski definition) is 5. The zero-order valence-corrected chi connectivity index (χ0v) is 17.5. The van der Waals surface area contributed by atoms with E-state index in [1.807, 2.05) is 18.2 Å². The van der Waals surface area contributed by atoms with Crippen LogP contribution in [0.1, 0.15) is 21.6 Å². The smallest absolute Gasteiger partial charge is 0.260 e. The number of nitrogens with one attached hydrogen (secondary N) is 1. The maximum Gasteiger partial charge on any atom is 0.260 e. The number of anilines is 1. The van der Waals surface area contributed by atoms with E-state index in [-0.39, 0.29) is 11.1 Å². The van der Waals surface area contributed by atoms with Crippen LogP contribution in [0.2, 0.25) is 10.2 Å². The highest BCUT2D eigenvalue weighted by atomic mass is 35.5. The van der Waals surface area contributed by atoms with E-state index in [1.165, 1.54) is 6.20 Å². The first-order valence-electron chi connectivity index (χ1n) is 8.85. The van der Waals surface area contributed by atoms with Gasteiger partial charge >= 0.3 is 0 Å². The van der Waals surface area contributed by atoms with Gasteiger partial charge in [0.25, 0.3) is 5.91 Å². The Morgan fingerprint density at radius 1 is 1.17 bits per heavy atom. The second kappa shape index (κ2) is 9.73. The van der Waals surface area contributed by atoms with Crippen LogP contribution < -0.4 is 10.1 Å². The SMILES string of the molecule is COCCOc1ccc(NC(=O)c2c(C)nn(Cc3ccccc3Cl)c2Cl)cn1. The van der Waals surface area contributed by atoms with Gasteiger partial charge in [-0.25, -0.2) is 9.67 Å². The number of carbonyl (C=O) groups is 1. The minimum Gasteiger partial charge on any atom is -0.475 e. The normalized spacial score (nSPS) is 10.8. The molecule has 0 bridgehead atoms. The summed E-state index contributed by atoms with van der Waals surface area (Å²) in [4.78, 5) is 16.9. The molecule has 7 nitrogen and oxygen atoms in total. The third-order valence-corrected chi connectivity index (χ3v) is 4.85. The predicted molar refractivity (Wildman–Crippen MR) is 112 cm³/mol. The molecular formula is C20H20Cl2N4O3. The Morgan fingerprint density at radius 3 is 2.66 bits per heavy atom. The van der Waals surface area contributed by atoms with E-state index >= 15 is 0 Å². The van der Waals surface area contributed by atoms with E-state index in [4.69, 9.17) is 32.7 Å². The number of aryl methyl sites for hydroxylation is 1. The first-order chi connectivity index (χ1) is 14.0. The number of rotatable bonds is 8. The maximum atomic E-state index is 12.7. The number of pyridine rings is 1. The number of hydrogen-bond donors (Lipinski definition) is 1. The van der Waals surface area contributed by atoms with E-state index in [2.05, 4.69) is 15.4 Å². The molecule has 3 rings (SSSR count). The number of halogens is 2. The number of nitrogens with zero attached hydrogens (tertiary/aromatic N) is 3. The van der Waals surface area contributed by atoms with E-state index in [0.717, 1.165) is 5.56 Å². The maximum absolute atomic E-state index is 12.7. The summed E-state index contributed by atoms with van der Waals surface area (Å²) in [5.74, 6) is 0.0783. The molecule has 3 aromatic rings. The second-order valence-corrected chi connectivity index (χ2v) is 6.95. The van der Waals surface area contributed by atoms with Crippen molar-refractivity contribution in [3.05, 3.63) is 69.6 Å². The molecule has 0 saturated carbocycles. The number of aromatic nitrogens is 3. The molecule has 0 spiro atoms. The van der Waals surface area contributed by atoms with Crippen LogP contribution >= 0.6 is 23.2 Å². The van der Waals surface area contributed by atoms with Gasteiger partial charge in [0.05, 0.1) is 36.3 Å². The summed E-state index contributed by atoms with van der Waals surface area (Å²) in [5.41, 5.74) is 2.20. The van der Waals surface area contributed by atoms with E-state index in [1.54, 1.807) is 36.9 Å². The summed E-state index contributed by atoms with van der Waals surface area (Å²) >= 11 is 12.6. The highest BCUT2D eigenvalue weighted by Gasteiger charge is 2.21. The molecule has 152 valence electrons. The highest BCUT2D eigenvalue weighted by molar-refractivity contribution is 6.34. The van der Waals surface area contributed by atoms with Crippen molar-refractivity contribution >= 4 is 34.8 Å². The first-order valence-corrected chi connectivity index (χ1v) is 9.60. The Balaban J connectivity index is 1.71. The lowest BCUT2D eigenvalue weighted by Crippen LogP contribution is -2.13. The number of ether oxygens (including phenoxy) is 2. The van der Waals surface area contributed by atoms with Crippen LogP contribution in [-0.2, 0) is 11.3 Å². The van der Waals surface area contributed by atoms with Gasteiger partial charge in [0.1, 0.15) is 11.8 Å². The molecule has 1 amide bonds. The lowest BCUT2D eigenvalue weighted by atomic mass is 10.2. The second-order valence-electron chi connectivity index (χ2n) is 6.18. The lowest BCUT2D eigenvalue weighted by Gasteiger charge is -2.08. The molecule has 1 aromatic carbocycles. The Morgan fingerprint density at radius 2 is 1.97 bits per heavy atom. The Labute approximate surface area is 178 Å². The largest absolute Gasteiger partial charge is 0.475 e. The van der Waals surface area contributed by atoms with Gasteiger partial charge in [-0.1, -0.05) is 41.4 Å². The Hall–Kier alpha value is -2.61. The fraction of sp³-hybridized carbons (Fsp3) is 0.250. The van der Waals surface area contributed by atoms with E-state index in [0.29, 0.717) is 47.6 Å². The fourth-order valence-corrected chi connectivity index (χ4v) is 3.18. The van der Waals surface area contributed by atoms with Gasteiger partial charge < -0.3 is 14.8 Å². The first kappa shape index (κ1) is 21.1. The van der Waals surface area contributed by atoms with Gasteiger partial charge in [0, 0.05) is 18.2 Å². The predicted octanol–water partition coefficient (Wildman–Crippen LogP) is 4.22. The van der Waals surface area contributed by atoms with Crippen molar-refractivity contribution in [1.29, 1.82) is 0 Å². The van der Waals surface area contributed by atoms with Crippen molar-refractivity contribution < 1.29 is 14.3 Å².